The number of hydrogen-bond acceptors (Lipinski definition) is 2. The average Bonchev–Trinajstić information content (AvgIpc) is 2.27. The summed E-state index contributed by atoms with van der Waals surface area (Å²) in [6.07, 6.45) is 1.21. The molecule has 0 atom stereocenters. The molecular formula is C12H15BrO2. The normalized spacial score (nSPS) is 10.0. The van der Waals surface area contributed by atoms with Crippen molar-refractivity contribution in [1.82, 2.24) is 0 Å². The van der Waals surface area contributed by atoms with Gasteiger partial charge in [0.2, 0.25) is 0 Å². The molecule has 0 fully saturated rings. The second-order valence-corrected chi connectivity index (χ2v) is 3.82. The fourth-order valence-corrected chi connectivity index (χ4v) is 1.65. The van der Waals surface area contributed by atoms with Gasteiger partial charge in [0.15, 0.2) is 0 Å². The van der Waals surface area contributed by atoms with Gasteiger partial charge in [-0.25, -0.2) is 0 Å². The van der Waals surface area contributed by atoms with Gasteiger partial charge in [-0.2, -0.15) is 0 Å². The van der Waals surface area contributed by atoms with Gasteiger partial charge in [-0.3, -0.25) is 4.79 Å². The predicted molar refractivity (Wildman–Crippen MR) is 64.0 cm³/mol. The standard InChI is InChI=1S/C12H15BrO2/c1-2-15-12(14)8-7-10-3-5-11(9-13)6-4-10/h3-6H,2,7-9H2,1H3. The van der Waals surface area contributed by atoms with E-state index in [-0.39, 0.29) is 5.97 Å². The lowest BCUT2D eigenvalue weighted by molar-refractivity contribution is -0.143. The van der Waals surface area contributed by atoms with Crippen LogP contribution in [0.2, 0.25) is 0 Å². The van der Waals surface area contributed by atoms with E-state index in [0.717, 1.165) is 11.8 Å². The van der Waals surface area contributed by atoms with Crippen LogP contribution in [0.4, 0.5) is 0 Å². The molecule has 0 radical (unpaired) electrons. The molecule has 0 spiro atoms. The lowest BCUT2D eigenvalue weighted by Crippen LogP contribution is -2.05. The van der Waals surface area contributed by atoms with Crippen molar-refractivity contribution in [2.75, 3.05) is 6.61 Å². The number of esters is 1. The Balaban J connectivity index is 2.40. The van der Waals surface area contributed by atoms with E-state index in [4.69, 9.17) is 4.74 Å². The van der Waals surface area contributed by atoms with E-state index in [1.165, 1.54) is 11.1 Å². The molecule has 15 heavy (non-hydrogen) atoms. The summed E-state index contributed by atoms with van der Waals surface area (Å²) in [6.45, 7) is 2.28. The van der Waals surface area contributed by atoms with Gasteiger partial charge >= 0.3 is 5.97 Å². The SMILES string of the molecule is CCOC(=O)CCc1ccc(CBr)cc1. The third-order valence-corrected chi connectivity index (χ3v) is 2.75. The zero-order chi connectivity index (χ0) is 11.1. The molecule has 1 rings (SSSR count). The van der Waals surface area contributed by atoms with Crippen molar-refractivity contribution >= 4 is 21.9 Å². The fourth-order valence-electron chi connectivity index (χ4n) is 1.27. The van der Waals surface area contributed by atoms with Gasteiger partial charge in [0.25, 0.3) is 0 Å². The monoisotopic (exact) mass is 270 g/mol. The quantitative estimate of drug-likeness (QED) is 0.607. The van der Waals surface area contributed by atoms with Crippen LogP contribution in [0.15, 0.2) is 24.3 Å². The topological polar surface area (TPSA) is 26.3 Å². The average molecular weight is 271 g/mol. The van der Waals surface area contributed by atoms with E-state index in [0.29, 0.717) is 13.0 Å². The summed E-state index contributed by atoms with van der Waals surface area (Å²) in [4.78, 5) is 11.1. The molecule has 82 valence electrons. The number of alkyl halides is 1. The van der Waals surface area contributed by atoms with Crippen molar-refractivity contribution < 1.29 is 9.53 Å². The van der Waals surface area contributed by atoms with Gasteiger partial charge in [-0.1, -0.05) is 40.2 Å². The highest BCUT2D eigenvalue weighted by molar-refractivity contribution is 9.08. The highest BCUT2D eigenvalue weighted by Crippen LogP contribution is 2.09. The summed E-state index contributed by atoms with van der Waals surface area (Å²) in [5.41, 5.74) is 2.42. The Hall–Kier alpha value is -0.830. The summed E-state index contributed by atoms with van der Waals surface area (Å²) in [5, 5.41) is 0.866. The second-order valence-electron chi connectivity index (χ2n) is 3.26. The minimum atomic E-state index is -0.123. The molecule has 0 aromatic heterocycles. The van der Waals surface area contributed by atoms with Gasteiger partial charge in [0.05, 0.1) is 6.61 Å². The van der Waals surface area contributed by atoms with E-state index >= 15 is 0 Å². The van der Waals surface area contributed by atoms with Crippen LogP contribution in [0.1, 0.15) is 24.5 Å². The molecule has 0 saturated heterocycles. The molecule has 2 nitrogen and oxygen atoms in total. The lowest BCUT2D eigenvalue weighted by Gasteiger charge is -2.02. The van der Waals surface area contributed by atoms with E-state index in [1.54, 1.807) is 0 Å². The fraction of sp³-hybridized carbons (Fsp3) is 0.417. The molecule has 0 bridgehead atoms. The maximum Gasteiger partial charge on any atom is 0.306 e. The van der Waals surface area contributed by atoms with Crippen molar-refractivity contribution in [3.8, 4) is 0 Å². The molecular weight excluding hydrogens is 256 g/mol. The highest BCUT2D eigenvalue weighted by atomic mass is 79.9. The van der Waals surface area contributed by atoms with Crippen molar-refractivity contribution in [2.24, 2.45) is 0 Å². The Morgan fingerprint density at radius 3 is 2.40 bits per heavy atom. The molecule has 0 aliphatic rings. The Morgan fingerprint density at radius 2 is 1.87 bits per heavy atom. The molecule has 0 heterocycles. The van der Waals surface area contributed by atoms with Crippen LogP contribution in [0.5, 0.6) is 0 Å². The second kappa shape index (κ2) is 6.62. The molecule has 1 aromatic carbocycles. The maximum atomic E-state index is 11.1. The Labute approximate surface area is 98.8 Å². The van der Waals surface area contributed by atoms with Crippen molar-refractivity contribution in [3.05, 3.63) is 35.4 Å². The van der Waals surface area contributed by atoms with Crippen LogP contribution in [0, 0.1) is 0 Å². The zero-order valence-corrected chi connectivity index (χ0v) is 10.4. The van der Waals surface area contributed by atoms with E-state index in [9.17, 15) is 4.79 Å². The minimum absolute atomic E-state index is 0.123. The molecule has 0 unspecified atom stereocenters. The Morgan fingerprint density at radius 1 is 1.27 bits per heavy atom. The maximum absolute atomic E-state index is 11.1. The highest BCUT2D eigenvalue weighted by Gasteiger charge is 2.02. The van der Waals surface area contributed by atoms with Crippen molar-refractivity contribution in [2.45, 2.75) is 25.1 Å². The van der Waals surface area contributed by atoms with Gasteiger partial charge in [-0.15, -0.1) is 0 Å². The third kappa shape index (κ3) is 4.47. The number of ether oxygens (including phenoxy) is 1. The third-order valence-electron chi connectivity index (χ3n) is 2.10. The van der Waals surface area contributed by atoms with E-state index < -0.39 is 0 Å². The lowest BCUT2D eigenvalue weighted by atomic mass is 10.1. The van der Waals surface area contributed by atoms with Crippen LogP contribution >= 0.6 is 15.9 Å². The molecule has 0 aliphatic carbocycles. The predicted octanol–water partition coefficient (Wildman–Crippen LogP) is 3.08. The minimum Gasteiger partial charge on any atom is -0.466 e. The number of carbonyl (C=O) groups is 1. The van der Waals surface area contributed by atoms with Crippen LogP contribution in [-0.4, -0.2) is 12.6 Å². The van der Waals surface area contributed by atoms with Gasteiger partial charge in [-0.05, 0) is 24.5 Å². The Bertz CT molecular complexity index is 306. The smallest absolute Gasteiger partial charge is 0.306 e. The van der Waals surface area contributed by atoms with Crippen LogP contribution in [0.3, 0.4) is 0 Å². The first-order valence-corrected chi connectivity index (χ1v) is 6.17. The Kier molecular flexibility index (Phi) is 5.40. The van der Waals surface area contributed by atoms with Crippen LogP contribution in [-0.2, 0) is 21.3 Å². The van der Waals surface area contributed by atoms with Gasteiger partial charge in [0, 0.05) is 11.8 Å². The number of rotatable bonds is 5. The molecule has 0 saturated carbocycles. The largest absolute Gasteiger partial charge is 0.466 e. The number of aryl methyl sites for hydroxylation is 1. The number of hydrogen-bond donors (Lipinski definition) is 0. The molecule has 0 N–H and O–H groups in total. The van der Waals surface area contributed by atoms with Crippen LogP contribution in [0.25, 0.3) is 0 Å². The first-order chi connectivity index (χ1) is 7.26. The number of halogens is 1. The van der Waals surface area contributed by atoms with Crippen molar-refractivity contribution in [3.63, 3.8) is 0 Å². The van der Waals surface area contributed by atoms with E-state index in [1.807, 2.05) is 6.92 Å². The molecule has 0 amide bonds. The van der Waals surface area contributed by atoms with Crippen LogP contribution < -0.4 is 0 Å². The first-order valence-electron chi connectivity index (χ1n) is 5.05. The summed E-state index contributed by atoms with van der Waals surface area (Å²) >= 11 is 3.39. The van der Waals surface area contributed by atoms with Gasteiger partial charge < -0.3 is 4.74 Å². The summed E-state index contributed by atoms with van der Waals surface area (Å²) < 4.78 is 4.86. The van der Waals surface area contributed by atoms with E-state index in [2.05, 4.69) is 40.2 Å². The van der Waals surface area contributed by atoms with Crippen molar-refractivity contribution in [1.29, 1.82) is 0 Å². The first kappa shape index (κ1) is 12.2. The molecule has 1 aromatic rings. The van der Waals surface area contributed by atoms with Gasteiger partial charge in [0.1, 0.15) is 0 Å². The zero-order valence-electron chi connectivity index (χ0n) is 8.83. The number of carbonyl (C=O) groups excluding carboxylic acids is 1. The summed E-state index contributed by atoms with van der Waals surface area (Å²) in [7, 11) is 0. The summed E-state index contributed by atoms with van der Waals surface area (Å²) in [6, 6.07) is 8.23. The molecule has 3 heteroatoms. The molecule has 0 aliphatic heterocycles. The number of benzene rings is 1. The summed E-state index contributed by atoms with van der Waals surface area (Å²) in [5.74, 6) is -0.123.